The van der Waals surface area contributed by atoms with E-state index in [0.717, 1.165) is 0 Å². The van der Waals surface area contributed by atoms with Gasteiger partial charge in [0.25, 0.3) is 0 Å². The van der Waals surface area contributed by atoms with Crippen LogP contribution in [0.5, 0.6) is 5.75 Å². The van der Waals surface area contributed by atoms with E-state index in [9.17, 15) is 9.90 Å². The van der Waals surface area contributed by atoms with Crippen LogP contribution in [0.4, 0.5) is 0 Å². The Bertz CT molecular complexity index is 423. The lowest BCUT2D eigenvalue weighted by Crippen LogP contribution is -2.00. The fourth-order valence-corrected chi connectivity index (χ4v) is 1.26. The number of halogens is 1. The van der Waals surface area contributed by atoms with Gasteiger partial charge in [-0.15, -0.1) is 0 Å². The van der Waals surface area contributed by atoms with Crippen LogP contribution in [0.1, 0.15) is 11.1 Å². The maximum atomic E-state index is 10.4. The lowest BCUT2D eigenvalue weighted by atomic mass is 10.1. The second-order valence-corrected chi connectivity index (χ2v) is 3.06. The normalized spacial score (nSPS) is 9.43. The molecule has 4 nitrogen and oxygen atoms in total. The van der Waals surface area contributed by atoms with Gasteiger partial charge >= 0.3 is 5.97 Å². The van der Waals surface area contributed by atoms with Gasteiger partial charge in [0.2, 0.25) is 0 Å². The van der Waals surface area contributed by atoms with Gasteiger partial charge in [-0.05, 0) is 12.1 Å². The third-order valence-corrected chi connectivity index (χ3v) is 1.90. The van der Waals surface area contributed by atoms with Crippen LogP contribution in [0, 0.1) is 11.3 Å². The van der Waals surface area contributed by atoms with E-state index in [2.05, 4.69) is 0 Å². The van der Waals surface area contributed by atoms with Crippen molar-refractivity contribution >= 4 is 17.6 Å². The molecule has 1 aromatic rings. The van der Waals surface area contributed by atoms with E-state index in [0.29, 0.717) is 0 Å². The van der Waals surface area contributed by atoms with Crippen LogP contribution < -0.4 is 0 Å². The quantitative estimate of drug-likeness (QED) is 0.778. The number of benzene rings is 1. The van der Waals surface area contributed by atoms with Gasteiger partial charge in [0, 0.05) is 5.56 Å². The molecule has 0 unspecified atom stereocenters. The number of hydrogen-bond acceptors (Lipinski definition) is 3. The van der Waals surface area contributed by atoms with Crippen molar-refractivity contribution in [2.75, 3.05) is 0 Å². The van der Waals surface area contributed by atoms with Crippen LogP contribution in [0.25, 0.3) is 0 Å². The first kappa shape index (κ1) is 10.4. The summed E-state index contributed by atoms with van der Waals surface area (Å²) >= 11 is 5.59. The highest BCUT2D eigenvalue weighted by Crippen LogP contribution is 2.29. The van der Waals surface area contributed by atoms with Crippen LogP contribution >= 0.6 is 11.6 Å². The predicted octanol–water partition coefficient (Wildman–Crippen LogP) is 1.54. The molecule has 72 valence electrons. The van der Waals surface area contributed by atoms with Crippen LogP contribution in [0.15, 0.2) is 12.1 Å². The zero-order valence-corrected chi connectivity index (χ0v) is 7.75. The molecule has 0 atom stereocenters. The van der Waals surface area contributed by atoms with Crippen molar-refractivity contribution in [1.29, 1.82) is 5.26 Å². The number of carboxylic acids is 1. The Labute approximate surface area is 85.0 Å². The first-order valence-corrected chi connectivity index (χ1v) is 4.05. The van der Waals surface area contributed by atoms with E-state index in [1.165, 1.54) is 12.1 Å². The van der Waals surface area contributed by atoms with E-state index in [-0.39, 0.29) is 28.3 Å². The number of aromatic hydroxyl groups is 1. The number of hydrogen-bond donors (Lipinski definition) is 2. The molecule has 0 radical (unpaired) electrons. The summed E-state index contributed by atoms with van der Waals surface area (Å²) in [5, 5.41) is 26.4. The van der Waals surface area contributed by atoms with Gasteiger partial charge in [-0.25, -0.2) is 0 Å². The summed E-state index contributed by atoms with van der Waals surface area (Å²) in [7, 11) is 0. The minimum Gasteiger partial charge on any atom is -0.506 e. The highest BCUT2D eigenvalue weighted by molar-refractivity contribution is 6.32. The molecule has 0 saturated carbocycles. The second-order valence-electron chi connectivity index (χ2n) is 2.65. The maximum Gasteiger partial charge on any atom is 0.307 e. The van der Waals surface area contributed by atoms with Crippen molar-refractivity contribution in [3.05, 3.63) is 28.3 Å². The highest BCUT2D eigenvalue weighted by atomic mass is 35.5. The summed E-state index contributed by atoms with van der Waals surface area (Å²) in [6.45, 7) is 0. The van der Waals surface area contributed by atoms with Crippen LogP contribution in [-0.2, 0) is 11.2 Å². The summed E-state index contributed by atoms with van der Waals surface area (Å²) in [5.41, 5.74) is 0.366. The molecule has 0 amide bonds. The number of phenolic OH excluding ortho intramolecular Hbond substituents is 1. The first-order chi connectivity index (χ1) is 6.54. The highest BCUT2D eigenvalue weighted by Gasteiger charge is 2.11. The number of phenols is 1. The van der Waals surface area contributed by atoms with Crippen LogP contribution in [0.2, 0.25) is 5.02 Å². The molecule has 14 heavy (non-hydrogen) atoms. The smallest absolute Gasteiger partial charge is 0.307 e. The van der Waals surface area contributed by atoms with E-state index in [1.54, 1.807) is 0 Å². The van der Waals surface area contributed by atoms with E-state index in [1.807, 2.05) is 6.07 Å². The Morgan fingerprint density at radius 1 is 1.57 bits per heavy atom. The summed E-state index contributed by atoms with van der Waals surface area (Å²) in [6, 6.07) is 4.40. The molecule has 5 heteroatoms. The number of carboxylic acid groups (broad SMARTS) is 1. The van der Waals surface area contributed by atoms with Gasteiger partial charge in [0.15, 0.2) is 0 Å². The molecule has 0 heterocycles. The third kappa shape index (κ3) is 2.15. The molecule has 1 aromatic carbocycles. The zero-order valence-electron chi connectivity index (χ0n) is 6.99. The molecule has 0 aromatic heterocycles. The third-order valence-electron chi connectivity index (χ3n) is 1.61. The monoisotopic (exact) mass is 211 g/mol. The van der Waals surface area contributed by atoms with E-state index < -0.39 is 5.97 Å². The number of carbonyl (C=O) groups is 1. The van der Waals surface area contributed by atoms with Gasteiger partial charge < -0.3 is 10.2 Å². The summed E-state index contributed by atoms with van der Waals surface area (Å²) < 4.78 is 0. The first-order valence-electron chi connectivity index (χ1n) is 3.68. The minimum absolute atomic E-state index is 0.0136. The van der Waals surface area contributed by atoms with Gasteiger partial charge in [-0.3, -0.25) is 4.79 Å². The maximum absolute atomic E-state index is 10.4. The second kappa shape index (κ2) is 3.99. The average molecular weight is 212 g/mol. The Morgan fingerprint density at radius 3 is 2.71 bits per heavy atom. The Balaban J connectivity index is 3.21. The van der Waals surface area contributed by atoms with Crippen molar-refractivity contribution in [1.82, 2.24) is 0 Å². The summed E-state index contributed by atoms with van der Waals surface area (Å²) in [4.78, 5) is 10.4. The fourth-order valence-electron chi connectivity index (χ4n) is 1.02. The molecule has 1 rings (SSSR count). The van der Waals surface area contributed by atoms with Gasteiger partial charge in [0.05, 0.1) is 23.1 Å². The minimum atomic E-state index is -1.09. The van der Waals surface area contributed by atoms with E-state index in [4.69, 9.17) is 22.0 Å². The molecule has 0 aliphatic carbocycles. The van der Waals surface area contributed by atoms with Gasteiger partial charge in [0.1, 0.15) is 5.75 Å². The standard InChI is InChI=1S/C9H6ClNO3/c10-7-2-5(4-11)1-6(9(7)14)3-8(12)13/h1-2,14H,3H2,(H,12,13). The van der Waals surface area contributed by atoms with Crippen molar-refractivity contribution in [2.24, 2.45) is 0 Å². The largest absolute Gasteiger partial charge is 0.506 e. The molecule has 0 saturated heterocycles. The summed E-state index contributed by atoms with van der Waals surface area (Å²) in [6.07, 6.45) is -0.360. The van der Waals surface area contributed by atoms with Crippen molar-refractivity contribution in [3.63, 3.8) is 0 Å². The average Bonchev–Trinajstić information content (AvgIpc) is 2.11. The molecule has 0 fully saturated rings. The number of rotatable bonds is 2. The molecule has 0 aliphatic heterocycles. The molecular weight excluding hydrogens is 206 g/mol. The number of aliphatic carboxylic acids is 1. The number of nitriles is 1. The lowest BCUT2D eigenvalue weighted by Gasteiger charge is -2.03. The van der Waals surface area contributed by atoms with Crippen LogP contribution in [0.3, 0.4) is 0 Å². The summed E-state index contributed by atoms with van der Waals surface area (Å²) in [5.74, 6) is -1.38. The molecule has 0 spiro atoms. The van der Waals surface area contributed by atoms with E-state index >= 15 is 0 Å². The van der Waals surface area contributed by atoms with Crippen molar-refractivity contribution in [2.45, 2.75) is 6.42 Å². The van der Waals surface area contributed by atoms with Crippen LogP contribution in [-0.4, -0.2) is 16.2 Å². The SMILES string of the molecule is N#Cc1cc(Cl)c(O)c(CC(=O)O)c1. The van der Waals surface area contributed by atoms with Crippen molar-refractivity contribution < 1.29 is 15.0 Å². The Morgan fingerprint density at radius 2 is 2.21 bits per heavy atom. The zero-order chi connectivity index (χ0) is 10.7. The van der Waals surface area contributed by atoms with Crippen molar-refractivity contribution in [3.8, 4) is 11.8 Å². The number of nitrogens with zero attached hydrogens (tertiary/aromatic N) is 1. The molecule has 0 bridgehead atoms. The Hall–Kier alpha value is -1.73. The Kier molecular flexibility index (Phi) is 2.95. The molecule has 0 aliphatic rings. The topological polar surface area (TPSA) is 81.3 Å². The molecule has 2 N–H and O–H groups in total. The lowest BCUT2D eigenvalue weighted by molar-refractivity contribution is -0.136. The van der Waals surface area contributed by atoms with Gasteiger partial charge in [-0.1, -0.05) is 11.6 Å². The molecular formula is C9H6ClNO3. The predicted molar refractivity (Wildman–Crippen MR) is 49.2 cm³/mol. The van der Waals surface area contributed by atoms with Gasteiger partial charge in [-0.2, -0.15) is 5.26 Å². The fraction of sp³-hybridized carbons (Fsp3) is 0.111.